The van der Waals surface area contributed by atoms with Gasteiger partial charge in [-0.25, -0.2) is 0 Å². The minimum absolute atomic E-state index is 0.0316. The van der Waals surface area contributed by atoms with Gasteiger partial charge in [0.25, 0.3) is 5.91 Å². The minimum Gasteiger partial charge on any atom is -0.507 e. The van der Waals surface area contributed by atoms with E-state index in [-0.39, 0.29) is 22.5 Å². The second-order valence-corrected chi connectivity index (χ2v) is 6.25. The van der Waals surface area contributed by atoms with E-state index in [9.17, 15) is 14.1 Å². The topological polar surface area (TPSA) is 66.4 Å². The Balaban J connectivity index is 2.53. The van der Waals surface area contributed by atoms with Crippen molar-refractivity contribution in [3.05, 3.63) is 28.8 Å². The zero-order chi connectivity index (χ0) is 13.7. The van der Waals surface area contributed by atoms with Crippen molar-refractivity contribution < 1.29 is 14.1 Å². The van der Waals surface area contributed by atoms with Crippen molar-refractivity contribution >= 4 is 28.3 Å². The van der Waals surface area contributed by atoms with E-state index in [4.69, 9.17) is 11.6 Å². The predicted molar refractivity (Wildman–Crippen MR) is 73.6 cm³/mol. The molecule has 100 valence electrons. The Kier molecular flexibility index (Phi) is 5.62. The molecule has 1 aromatic carbocycles. The van der Waals surface area contributed by atoms with Gasteiger partial charge in [0.15, 0.2) is 0 Å². The Bertz CT molecular complexity index is 465. The summed E-state index contributed by atoms with van der Waals surface area (Å²) in [6.45, 7) is 2.28. The molecule has 0 fully saturated rings. The highest BCUT2D eigenvalue weighted by Gasteiger charge is 2.12. The van der Waals surface area contributed by atoms with E-state index in [1.807, 2.05) is 6.92 Å². The van der Waals surface area contributed by atoms with Crippen molar-refractivity contribution in [2.45, 2.75) is 18.6 Å². The van der Waals surface area contributed by atoms with Gasteiger partial charge in [0, 0.05) is 33.9 Å². The third kappa shape index (κ3) is 4.31. The Morgan fingerprint density at radius 2 is 2.22 bits per heavy atom. The number of carbonyl (C=O) groups is 1. The number of benzene rings is 1. The third-order valence-corrected chi connectivity index (χ3v) is 4.21. The molecule has 0 spiro atoms. The third-order valence-electron chi connectivity index (χ3n) is 2.61. The molecule has 1 rings (SSSR count). The van der Waals surface area contributed by atoms with Crippen LogP contribution < -0.4 is 5.32 Å². The second kappa shape index (κ2) is 6.75. The number of amides is 1. The van der Waals surface area contributed by atoms with E-state index in [0.29, 0.717) is 18.0 Å². The highest BCUT2D eigenvalue weighted by Crippen LogP contribution is 2.21. The smallest absolute Gasteiger partial charge is 0.255 e. The molecule has 18 heavy (non-hydrogen) atoms. The van der Waals surface area contributed by atoms with Gasteiger partial charge in [0.2, 0.25) is 0 Å². The van der Waals surface area contributed by atoms with E-state index in [1.165, 1.54) is 12.1 Å². The van der Waals surface area contributed by atoms with Gasteiger partial charge in [-0.05, 0) is 24.6 Å². The monoisotopic (exact) mass is 289 g/mol. The number of rotatable bonds is 5. The van der Waals surface area contributed by atoms with Crippen molar-refractivity contribution in [2.75, 3.05) is 12.8 Å². The number of carbonyl (C=O) groups excluding carboxylic acids is 1. The molecule has 2 atom stereocenters. The molecule has 0 saturated carbocycles. The zero-order valence-electron chi connectivity index (χ0n) is 10.3. The lowest BCUT2D eigenvalue weighted by atomic mass is 10.2. The Hall–Kier alpha value is -1.07. The summed E-state index contributed by atoms with van der Waals surface area (Å²) in [7, 11) is -0.895. The minimum atomic E-state index is -0.895. The van der Waals surface area contributed by atoms with Crippen LogP contribution in [-0.2, 0) is 10.8 Å². The molecule has 0 aromatic heterocycles. The maximum Gasteiger partial charge on any atom is 0.255 e. The van der Waals surface area contributed by atoms with E-state index < -0.39 is 10.8 Å². The summed E-state index contributed by atoms with van der Waals surface area (Å²) < 4.78 is 11.1. The van der Waals surface area contributed by atoms with Crippen molar-refractivity contribution in [3.63, 3.8) is 0 Å². The summed E-state index contributed by atoms with van der Waals surface area (Å²) in [4.78, 5) is 11.7. The Morgan fingerprint density at radius 1 is 1.56 bits per heavy atom. The van der Waals surface area contributed by atoms with Crippen molar-refractivity contribution in [1.82, 2.24) is 5.32 Å². The van der Waals surface area contributed by atoms with Crippen LogP contribution in [0, 0.1) is 0 Å². The van der Waals surface area contributed by atoms with Crippen LogP contribution in [0.25, 0.3) is 0 Å². The molecule has 0 heterocycles. The Morgan fingerprint density at radius 3 is 2.78 bits per heavy atom. The summed E-state index contributed by atoms with van der Waals surface area (Å²) >= 11 is 5.68. The molecule has 0 aliphatic carbocycles. The highest BCUT2D eigenvalue weighted by molar-refractivity contribution is 7.84. The molecular weight excluding hydrogens is 274 g/mol. The molecule has 2 unspecified atom stereocenters. The number of halogens is 1. The van der Waals surface area contributed by atoms with Crippen LogP contribution in [0.4, 0.5) is 0 Å². The quantitative estimate of drug-likeness (QED) is 0.870. The fourth-order valence-electron chi connectivity index (χ4n) is 1.35. The maximum atomic E-state index is 11.7. The first-order valence-electron chi connectivity index (χ1n) is 5.50. The molecule has 6 heteroatoms. The number of phenolic OH excluding ortho intramolecular Hbond substituents is 1. The van der Waals surface area contributed by atoms with Gasteiger partial charge in [-0.1, -0.05) is 18.5 Å². The molecule has 0 aliphatic heterocycles. The molecule has 2 N–H and O–H groups in total. The zero-order valence-corrected chi connectivity index (χ0v) is 11.8. The summed E-state index contributed by atoms with van der Waals surface area (Å²) in [5, 5.41) is 12.6. The van der Waals surface area contributed by atoms with Crippen LogP contribution in [0.5, 0.6) is 5.75 Å². The largest absolute Gasteiger partial charge is 0.507 e. The number of hydrogen-bond acceptors (Lipinski definition) is 3. The van der Waals surface area contributed by atoms with Crippen LogP contribution in [0.2, 0.25) is 5.02 Å². The maximum absolute atomic E-state index is 11.7. The lowest BCUT2D eigenvalue weighted by Gasteiger charge is -2.10. The van der Waals surface area contributed by atoms with Crippen LogP contribution in [0.1, 0.15) is 23.7 Å². The average Bonchev–Trinajstić information content (AvgIpc) is 2.28. The van der Waals surface area contributed by atoms with E-state index >= 15 is 0 Å². The summed E-state index contributed by atoms with van der Waals surface area (Å²) in [5.41, 5.74) is 0.185. The van der Waals surface area contributed by atoms with Crippen LogP contribution in [-0.4, -0.2) is 33.3 Å². The first-order valence-corrected chi connectivity index (χ1v) is 7.50. The summed E-state index contributed by atoms with van der Waals surface area (Å²) in [6.07, 6.45) is 2.26. The number of aromatic hydroxyl groups is 1. The van der Waals surface area contributed by atoms with Gasteiger partial charge in [0.1, 0.15) is 5.75 Å². The molecular formula is C12H16ClNO3S. The average molecular weight is 290 g/mol. The predicted octanol–water partition coefficient (Wildman–Crippen LogP) is 1.93. The van der Waals surface area contributed by atoms with Gasteiger partial charge in [0.05, 0.1) is 5.56 Å². The van der Waals surface area contributed by atoms with Crippen molar-refractivity contribution in [1.29, 1.82) is 0 Å². The molecule has 1 amide bonds. The highest BCUT2D eigenvalue weighted by atomic mass is 35.5. The molecule has 4 nitrogen and oxygen atoms in total. The molecule has 0 bridgehead atoms. The van der Waals surface area contributed by atoms with Gasteiger partial charge < -0.3 is 10.4 Å². The lowest BCUT2D eigenvalue weighted by molar-refractivity contribution is 0.0950. The fourth-order valence-corrected chi connectivity index (χ4v) is 1.96. The molecule has 0 aliphatic rings. The summed E-state index contributed by atoms with van der Waals surface area (Å²) in [6, 6.07) is 4.33. The second-order valence-electron chi connectivity index (χ2n) is 4.02. The normalized spacial score (nSPS) is 13.9. The molecule has 0 saturated heterocycles. The summed E-state index contributed by atoms with van der Waals surface area (Å²) in [5.74, 6) is -0.509. The van der Waals surface area contributed by atoms with Gasteiger partial charge in [-0.2, -0.15) is 0 Å². The van der Waals surface area contributed by atoms with Crippen LogP contribution >= 0.6 is 11.6 Å². The Labute approximate surface area is 114 Å². The van der Waals surface area contributed by atoms with Crippen molar-refractivity contribution in [3.8, 4) is 5.75 Å². The van der Waals surface area contributed by atoms with E-state index in [1.54, 1.807) is 12.3 Å². The first kappa shape index (κ1) is 15.0. The first-order chi connectivity index (χ1) is 8.41. The van der Waals surface area contributed by atoms with E-state index in [2.05, 4.69) is 5.32 Å². The van der Waals surface area contributed by atoms with Crippen molar-refractivity contribution in [2.24, 2.45) is 0 Å². The molecule has 1 aromatic rings. The fraction of sp³-hybridized carbons (Fsp3) is 0.417. The van der Waals surface area contributed by atoms with Crippen LogP contribution in [0.15, 0.2) is 18.2 Å². The SMILES string of the molecule is CC(CCNC(=O)c1ccc(Cl)cc1O)S(C)=O. The van der Waals surface area contributed by atoms with Gasteiger partial charge in [-0.3, -0.25) is 9.00 Å². The number of phenols is 1. The number of nitrogens with one attached hydrogen (secondary N) is 1. The van der Waals surface area contributed by atoms with Gasteiger partial charge >= 0.3 is 0 Å². The standard InChI is InChI=1S/C12H16ClNO3S/c1-8(18(2)17)5-6-14-12(16)10-4-3-9(13)7-11(10)15/h3-4,7-8,15H,5-6H2,1-2H3,(H,14,16). The lowest BCUT2D eigenvalue weighted by Crippen LogP contribution is -2.27. The number of hydrogen-bond donors (Lipinski definition) is 2. The van der Waals surface area contributed by atoms with E-state index in [0.717, 1.165) is 0 Å². The molecule has 0 radical (unpaired) electrons. The van der Waals surface area contributed by atoms with Crippen LogP contribution in [0.3, 0.4) is 0 Å². The van der Waals surface area contributed by atoms with Gasteiger partial charge in [-0.15, -0.1) is 0 Å².